The van der Waals surface area contributed by atoms with Crippen molar-refractivity contribution in [3.05, 3.63) is 34.1 Å². The molecule has 0 spiro atoms. The van der Waals surface area contributed by atoms with Crippen LogP contribution in [0.2, 0.25) is 0 Å². The number of ether oxygens (including phenoxy) is 2. The Morgan fingerprint density at radius 2 is 1.86 bits per heavy atom. The van der Waals surface area contributed by atoms with Crippen molar-refractivity contribution < 1.29 is 33.0 Å². The van der Waals surface area contributed by atoms with Gasteiger partial charge in [0.05, 0.1) is 23.1 Å². The number of nitrogens with zero attached hydrogens (tertiary/aromatic N) is 3. The van der Waals surface area contributed by atoms with Crippen LogP contribution in [0.25, 0.3) is 10.9 Å². The molecule has 36 heavy (non-hydrogen) atoms. The van der Waals surface area contributed by atoms with Gasteiger partial charge in [-0.2, -0.15) is 0 Å². The fourth-order valence-corrected chi connectivity index (χ4v) is 5.41. The van der Waals surface area contributed by atoms with Gasteiger partial charge in [0.15, 0.2) is 11.6 Å². The van der Waals surface area contributed by atoms with E-state index in [1.807, 2.05) is 0 Å². The van der Waals surface area contributed by atoms with Crippen LogP contribution in [0, 0.1) is 17.6 Å². The van der Waals surface area contributed by atoms with Crippen LogP contribution in [0.5, 0.6) is 5.75 Å². The molecule has 1 saturated carbocycles. The molecule has 0 bridgehead atoms. The quantitative estimate of drug-likeness (QED) is 0.613. The van der Waals surface area contributed by atoms with Gasteiger partial charge in [0.2, 0.25) is 5.43 Å². The number of pyridine rings is 1. The highest BCUT2D eigenvalue weighted by atomic mass is 19.1. The van der Waals surface area contributed by atoms with Crippen LogP contribution in [-0.4, -0.2) is 58.1 Å². The largest absolute Gasteiger partial charge is 0.511 e. The zero-order valence-corrected chi connectivity index (χ0v) is 20.4. The van der Waals surface area contributed by atoms with Gasteiger partial charge < -0.3 is 28.9 Å². The summed E-state index contributed by atoms with van der Waals surface area (Å²) < 4.78 is 43.1. The average Bonchev–Trinajstić information content (AvgIpc) is 3.52. The number of benzene rings is 1. The third-order valence-corrected chi connectivity index (χ3v) is 7.01. The number of amides is 1. The SMILES string of the molecule is CC(C)(C)OC(=O)N1CCCC2CN(c3c(F)cc4c(=O)c(OC(=O)O)cn(C5CC5)c4c3F)CC21. The number of piperidine rings is 1. The predicted molar refractivity (Wildman–Crippen MR) is 127 cm³/mol. The smallest absolute Gasteiger partial charge is 0.449 e. The lowest BCUT2D eigenvalue weighted by Gasteiger charge is -2.37. The van der Waals surface area contributed by atoms with E-state index in [-0.39, 0.29) is 41.1 Å². The number of hydrogen-bond donors (Lipinski definition) is 1. The predicted octanol–water partition coefficient (Wildman–Crippen LogP) is 4.51. The van der Waals surface area contributed by atoms with Gasteiger partial charge in [-0.1, -0.05) is 0 Å². The minimum Gasteiger partial charge on any atom is -0.449 e. The third-order valence-electron chi connectivity index (χ3n) is 7.01. The number of halogens is 2. The Labute approximate surface area is 206 Å². The summed E-state index contributed by atoms with van der Waals surface area (Å²) in [6.45, 7) is 6.48. The van der Waals surface area contributed by atoms with Crippen LogP contribution in [0.15, 0.2) is 17.1 Å². The van der Waals surface area contributed by atoms with Gasteiger partial charge in [0.25, 0.3) is 0 Å². The van der Waals surface area contributed by atoms with Gasteiger partial charge in [0, 0.05) is 25.7 Å². The summed E-state index contributed by atoms with van der Waals surface area (Å²) in [6.07, 6.45) is 2.09. The number of anilines is 1. The van der Waals surface area contributed by atoms with Gasteiger partial charge in [-0.3, -0.25) is 4.79 Å². The number of carbonyl (C=O) groups is 2. The zero-order valence-electron chi connectivity index (χ0n) is 20.4. The van der Waals surface area contributed by atoms with Gasteiger partial charge >= 0.3 is 12.2 Å². The van der Waals surface area contributed by atoms with Crippen molar-refractivity contribution in [2.45, 2.75) is 64.1 Å². The molecule has 11 heteroatoms. The molecular formula is C25H29F2N3O6. The van der Waals surface area contributed by atoms with E-state index in [0.717, 1.165) is 31.7 Å². The first kappa shape index (κ1) is 24.3. The number of carbonyl (C=O) groups excluding carboxylic acids is 1. The van der Waals surface area contributed by atoms with Crippen molar-refractivity contribution in [3.63, 3.8) is 0 Å². The molecule has 1 aromatic heterocycles. The third kappa shape index (κ3) is 4.35. The van der Waals surface area contributed by atoms with Crippen molar-refractivity contribution >= 4 is 28.8 Å². The normalized spacial score (nSPS) is 22.0. The van der Waals surface area contributed by atoms with Crippen LogP contribution >= 0.6 is 0 Å². The summed E-state index contributed by atoms with van der Waals surface area (Å²) in [4.78, 5) is 39.9. The van der Waals surface area contributed by atoms with Crippen LogP contribution < -0.4 is 15.1 Å². The summed E-state index contributed by atoms with van der Waals surface area (Å²) in [5, 5.41) is 8.70. The molecule has 3 aliphatic rings. The summed E-state index contributed by atoms with van der Waals surface area (Å²) in [7, 11) is 0. The van der Waals surface area contributed by atoms with Gasteiger partial charge in [-0.15, -0.1) is 0 Å². The lowest BCUT2D eigenvalue weighted by Crippen LogP contribution is -2.50. The fourth-order valence-electron chi connectivity index (χ4n) is 5.41. The molecule has 5 rings (SSSR count). The van der Waals surface area contributed by atoms with Gasteiger partial charge in [-0.25, -0.2) is 18.4 Å². The Morgan fingerprint density at radius 1 is 1.14 bits per heavy atom. The van der Waals surface area contributed by atoms with Crippen LogP contribution in [-0.2, 0) is 4.74 Å². The average molecular weight is 506 g/mol. The number of fused-ring (bicyclic) bond motifs is 2. The van der Waals surface area contributed by atoms with E-state index in [9.17, 15) is 14.4 Å². The molecule has 1 aromatic carbocycles. The maximum absolute atomic E-state index is 16.1. The van der Waals surface area contributed by atoms with E-state index in [0.29, 0.717) is 13.1 Å². The minimum absolute atomic E-state index is 0.0257. The molecule has 3 heterocycles. The Kier molecular flexibility index (Phi) is 5.83. The molecular weight excluding hydrogens is 476 g/mol. The molecule has 2 aromatic rings. The molecule has 2 atom stereocenters. The summed E-state index contributed by atoms with van der Waals surface area (Å²) in [5.41, 5.74) is -1.87. The molecule has 1 amide bonds. The Balaban J connectivity index is 1.54. The maximum atomic E-state index is 16.1. The lowest BCUT2D eigenvalue weighted by molar-refractivity contribution is 0.00668. The van der Waals surface area contributed by atoms with Crippen LogP contribution in [0.1, 0.15) is 52.5 Å². The molecule has 1 N–H and O–H groups in total. The molecule has 194 valence electrons. The summed E-state index contributed by atoms with van der Waals surface area (Å²) >= 11 is 0. The number of rotatable bonds is 3. The lowest BCUT2D eigenvalue weighted by atomic mass is 9.92. The molecule has 2 unspecified atom stereocenters. The monoisotopic (exact) mass is 505 g/mol. The molecule has 9 nitrogen and oxygen atoms in total. The Hall–Kier alpha value is -3.37. The number of aromatic nitrogens is 1. The molecule has 3 fully saturated rings. The second-order valence-electron chi connectivity index (χ2n) is 10.8. The van der Waals surface area contributed by atoms with Gasteiger partial charge in [0.1, 0.15) is 17.1 Å². The topological polar surface area (TPSA) is 101 Å². The molecule has 2 aliphatic heterocycles. The van der Waals surface area contributed by atoms with Crippen molar-refractivity contribution in [1.82, 2.24) is 9.47 Å². The zero-order chi connectivity index (χ0) is 25.9. The highest BCUT2D eigenvalue weighted by Crippen LogP contribution is 2.42. The molecule has 2 saturated heterocycles. The first-order chi connectivity index (χ1) is 16.9. The highest BCUT2D eigenvalue weighted by molar-refractivity contribution is 5.86. The van der Waals surface area contributed by atoms with E-state index >= 15 is 8.78 Å². The van der Waals surface area contributed by atoms with E-state index < -0.39 is 40.7 Å². The van der Waals surface area contributed by atoms with E-state index in [1.165, 1.54) is 10.8 Å². The number of likely N-dealkylation sites (tertiary alicyclic amines) is 1. The fraction of sp³-hybridized carbons (Fsp3) is 0.560. The van der Waals surface area contributed by atoms with Crippen LogP contribution in [0.4, 0.5) is 24.1 Å². The second kappa shape index (κ2) is 8.63. The maximum Gasteiger partial charge on any atom is 0.511 e. The van der Waals surface area contributed by atoms with Crippen molar-refractivity contribution in [3.8, 4) is 5.75 Å². The standard InChI is InChI=1S/C25H29F2N3O6/c1-25(2,3)36-23(32)29-8-4-5-13-10-28(11-17(13)29)21-16(26)9-15-20(19(21)27)30(14-6-7-14)12-18(22(15)31)35-24(33)34/h9,12-14,17H,4-8,10-11H2,1-3H3,(H,33,34). The number of hydrogen-bond acceptors (Lipinski definition) is 6. The Bertz CT molecular complexity index is 1300. The van der Waals surface area contributed by atoms with E-state index in [4.69, 9.17) is 9.84 Å². The van der Waals surface area contributed by atoms with Crippen molar-refractivity contribution in [2.75, 3.05) is 24.5 Å². The summed E-state index contributed by atoms with van der Waals surface area (Å²) in [6, 6.07) is 0.568. The number of carboxylic acid groups (broad SMARTS) is 1. The van der Waals surface area contributed by atoms with Crippen molar-refractivity contribution in [2.24, 2.45) is 5.92 Å². The molecule has 0 radical (unpaired) electrons. The highest BCUT2D eigenvalue weighted by Gasteiger charge is 2.44. The summed E-state index contributed by atoms with van der Waals surface area (Å²) in [5.74, 6) is -2.26. The van der Waals surface area contributed by atoms with Crippen molar-refractivity contribution in [1.29, 1.82) is 0 Å². The first-order valence-corrected chi connectivity index (χ1v) is 12.2. The molecule has 1 aliphatic carbocycles. The van der Waals surface area contributed by atoms with Gasteiger partial charge in [-0.05, 0) is 58.4 Å². The van der Waals surface area contributed by atoms with E-state index in [1.54, 1.807) is 30.6 Å². The minimum atomic E-state index is -1.68. The van der Waals surface area contributed by atoms with Crippen LogP contribution in [0.3, 0.4) is 0 Å². The Morgan fingerprint density at radius 3 is 2.50 bits per heavy atom. The second-order valence-corrected chi connectivity index (χ2v) is 10.8. The first-order valence-electron chi connectivity index (χ1n) is 12.2. The van der Waals surface area contributed by atoms with E-state index in [2.05, 4.69) is 4.74 Å².